The van der Waals surface area contributed by atoms with Crippen LogP contribution in [0.15, 0.2) is 18.2 Å². The second-order valence-corrected chi connectivity index (χ2v) is 4.94. The van der Waals surface area contributed by atoms with Crippen LogP contribution in [0.2, 0.25) is 0 Å². The SMILES string of the molecule is Cc1ccc(OCCCC(C)(N)C(=O)O)c(C)c1. The third-order valence-electron chi connectivity index (χ3n) is 2.92. The molecule has 4 heteroatoms. The summed E-state index contributed by atoms with van der Waals surface area (Å²) in [5.41, 5.74) is 6.74. The van der Waals surface area contributed by atoms with Crippen LogP contribution in [-0.2, 0) is 4.79 Å². The van der Waals surface area contributed by atoms with E-state index in [9.17, 15) is 4.79 Å². The second-order valence-electron chi connectivity index (χ2n) is 4.94. The van der Waals surface area contributed by atoms with E-state index >= 15 is 0 Å². The number of nitrogens with two attached hydrogens (primary N) is 1. The Kier molecular flexibility index (Phi) is 4.73. The minimum absolute atomic E-state index is 0.396. The van der Waals surface area contributed by atoms with E-state index < -0.39 is 11.5 Å². The van der Waals surface area contributed by atoms with Gasteiger partial charge in [-0.2, -0.15) is 0 Å². The van der Waals surface area contributed by atoms with Crippen molar-refractivity contribution in [3.8, 4) is 5.75 Å². The number of rotatable bonds is 6. The lowest BCUT2D eigenvalue weighted by Crippen LogP contribution is -2.44. The minimum atomic E-state index is -1.17. The first-order valence-electron chi connectivity index (χ1n) is 6.05. The van der Waals surface area contributed by atoms with Gasteiger partial charge in [0.25, 0.3) is 0 Å². The van der Waals surface area contributed by atoms with Gasteiger partial charge in [-0.05, 0) is 45.2 Å². The molecule has 0 saturated carbocycles. The zero-order valence-corrected chi connectivity index (χ0v) is 11.2. The Morgan fingerprint density at radius 2 is 2.11 bits per heavy atom. The van der Waals surface area contributed by atoms with Crippen LogP contribution in [0.5, 0.6) is 5.75 Å². The summed E-state index contributed by atoms with van der Waals surface area (Å²) in [4.78, 5) is 10.8. The normalized spacial score (nSPS) is 14.0. The first-order chi connectivity index (χ1) is 8.33. The van der Waals surface area contributed by atoms with E-state index in [1.807, 2.05) is 26.0 Å². The van der Waals surface area contributed by atoms with Crippen molar-refractivity contribution in [1.82, 2.24) is 0 Å². The van der Waals surface area contributed by atoms with E-state index in [1.165, 1.54) is 12.5 Å². The molecule has 0 aromatic heterocycles. The lowest BCUT2D eigenvalue weighted by atomic mass is 9.98. The average Bonchev–Trinajstić information content (AvgIpc) is 2.26. The summed E-state index contributed by atoms with van der Waals surface area (Å²) >= 11 is 0. The number of carbonyl (C=O) groups is 1. The highest BCUT2D eigenvalue weighted by molar-refractivity contribution is 5.77. The topological polar surface area (TPSA) is 72.5 Å². The number of carboxylic acids is 1. The van der Waals surface area contributed by atoms with Crippen molar-refractivity contribution in [3.63, 3.8) is 0 Å². The van der Waals surface area contributed by atoms with E-state index in [0.717, 1.165) is 11.3 Å². The van der Waals surface area contributed by atoms with Gasteiger partial charge in [-0.25, -0.2) is 0 Å². The first-order valence-corrected chi connectivity index (χ1v) is 6.05. The van der Waals surface area contributed by atoms with Crippen molar-refractivity contribution in [2.45, 2.75) is 39.2 Å². The molecular weight excluding hydrogens is 230 g/mol. The number of aryl methyl sites for hydroxylation is 2. The molecule has 100 valence electrons. The standard InChI is InChI=1S/C14H21NO3/c1-10-5-6-12(11(2)9-10)18-8-4-7-14(3,15)13(16)17/h5-6,9H,4,7-8,15H2,1-3H3,(H,16,17). The molecule has 18 heavy (non-hydrogen) atoms. The van der Waals surface area contributed by atoms with Crippen molar-refractivity contribution < 1.29 is 14.6 Å². The highest BCUT2D eigenvalue weighted by Gasteiger charge is 2.26. The Hall–Kier alpha value is -1.55. The molecule has 4 nitrogen and oxygen atoms in total. The predicted molar refractivity (Wildman–Crippen MR) is 70.9 cm³/mol. The maximum Gasteiger partial charge on any atom is 0.323 e. The predicted octanol–water partition coefficient (Wildman–Crippen LogP) is 2.26. The Morgan fingerprint density at radius 1 is 1.44 bits per heavy atom. The van der Waals surface area contributed by atoms with Gasteiger partial charge in [-0.15, -0.1) is 0 Å². The molecule has 1 aromatic carbocycles. The van der Waals surface area contributed by atoms with Gasteiger partial charge in [0.15, 0.2) is 0 Å². The number of hydrogen-bond acceptors (Lipinski definition) is 3. The van der Waals surface area contributed by atoms with Crippen LogP contribution in [0.4, 0.5) is 0 Å². The number of benzene rings is 1. The van der Waals surface area contributed by atoms with Crippen molar-refractivity contribution in [2.24, 2.45) is 5.73 Å². The van der Waals surface area contributed by atoms with Crippen LogP contribution in [0.1, 0.15) is 30.9 Å². The number of aliphatic carboxylic acids is 1. The number of hydrogen-bond donors (Lipinski definition) is 2. The van der Waals surface area contributed by atoms with Crippen molar-refractivity contribution in [1.29, 1.82) is 0 Å². The smallest absolute Gasteiger partial charge is 0.323 e. The molecule has 0 radical (unpaired) electrons. The molecule has 0 saturated heterocycles. The average molecular weight is 251 g/mol. The number of carboxylic acid groups (broad SMARTS) is 1. The number of ether oxygens (including phenoxy) is 1. The lowest BCUT2D eigenvalue weighted by molar-refractivity contribution is -0.142. The molecule has 0 fully saturated rings. The Labute approximate surface area is 108 Å². The molecule has 0 amide bonds. The molecule has 0 aliphatic rings. The third-order valence-corrected chi connectivity index (χ3v) is 2.92. The Bertz CT molecular complexity index is 427. The van der Waals surface area contributed by atoms with Crippen molar-refractivity contribution in [2.75, 3.05) is 6.61 Å². The summed E-state index contributed by atoms with van der Waals surface area (Å²) in [6.07, 6.45) is 1.01. The van der Waals surface area contributed by atoms with Gasteiger partial charge in [0.05, 0.1) is 6.61 Å². The van der Waals surface area contributed by atoms with E-state index in [-0.39, 0.29) is 0 Å². The van der Waals surface area contributed by atoms with E-state index in [0.29, 0.717) is 19.4 Å². The molecule has 0 spiro atoms. The highest BCUT2D eigenvalue weighted by Crippen LogP contribution is 2.19. The summed E-state index contributed by atoms with van der Waals surface area (Å²) in [5.74, 6) is -0.135. The van der Waals surface area contributed by atoms with Crippen LogP contribution in [-0.4, -0.2) is 23.2 Å². The van der Waals surface area contributed by atoms with E-state index in [1.54, 1.807) is 0 Å². The molecule has 0 aliphatic heterocycles. The summed E-state index contributed by atoms with van der Waals surface area (Å²) in [7, 11) is 0. The van der Waals surface area contributed by atoms with Gasteiger partial charge in [-0.3, -0.25) is 4.79 Å². The zero-order valence-electron chi connectivity index (χ0n) is 11.2. The monoisotopic (exact) mass is 251 g/mol. The largest absolute Gasteiger partial charge is 0.493 e. The van der Waals surface area contributed by atoms with Gasteiger partial charge in [-0.1, -0.05) is 17.7 Å². The van der Waals surface area contributed by atoms with Gasteiger partial charge in [0, 0.05) is 0 Å². The van der Waals surface area contributed by atoms with Gasteiger partial charge < -0.3 is 15.6 Å². The lowest BCUT2D eigenvalue weighted by Gasteiger charge is -2.19. The third kappa shape index (κ3) is 4.04. The maximum absolute atomic E-state index is 10.8. The molecule has 1 rings (SSSR count). The molecule has 1 atom stereocenters. The van der Waals surface area contributed by atoms with Gasteiger partial charge in [0.1, 0.15) is 11.3 Å². The summed E-state index contributed by atoms with van der Waals surface area (Å²) < 4.78 is 5.62. The fraction of sp³-hybridized carbons (Fsp3) is 0.500. The fourth-order valence-corrected chi connectivity index (χ4v) is 1.69. The molecule has 3 N–H and O–H groups in total. The van der Waals surface area contributed by atoms with Crippen LogP contribution >= 0.6 is 0 Å². The fourth-order valence-electron chi connectivity index (χ4n) is 1.69. The molecule has 0 heterocycles. The zero-order chi connectivity index (χ0) is 13.8. The van der Waals surface area contributed by atoms with E-state index in [4.69, 9.17) is 15.6 Å². The molecule has 0 aliphatic carbocycles. The van der Waals surface area contributed by atoms with Crippen molar-refractivity contribution in [3.05, 3.63) is 29.3 Å². The van der Waals surface area contributed by atoms with Crippen LogP contribution in [0.25, 0.3) is 0 Å². The van der Waals surface area contributed by atoms with Crippen LogP contribution < -0.4 is 10.5 Å². The highest BCUT2D eigenvalue weighted by atomic mass is 16.5. The minimum Gasteiger partial charge on any atom is -0.493 e. The summed E-state index contributed by atoms with van der Waals surface area (Å²) in [6.45, 7) is 6.02. The summed E-state index contributed by atoms with van der Waals surface area (Å²) in [6, 6.07) is 5.98. The summed E-state index contributed by atoms with van der Waals surface area (Å²) in [5, 5.41) is 8.87. The molecule has 1 unspecified atom stereocenters. The Balaban J connectivity index is 2.41. The molecule has 0 bridgehead atoms. The van der Waals surface area contributed by atoms with Gasteiger partial charge >= 0.3 is 5.97 Å². The van der Waals surface area contributed by atoms with Gasteiger partial charge in [0.2, 0.25) is 0 Å². The Morgan fingerprint density at radius 3 is 2.67 bits per heavy atom. The first kappa shape index (κ1) is 14.5. The van der Waals surface area contributed by atoms with Crippen LogP contribution in [0.3, 0.4) is 0 Å². The molecule has 1 aromatic rings. The van der Waals surface area contributed by atoms with E-state index in [2.05, 4.69) is 6.07 Å². The quantitative estimate of drug-likeness (QED) is 0.761. The maximum atomic E-state index is 10.8. The van der Waals surface area contributed by atoms with Crippen molar-refractivity contribution >= 4 is 5.97 Å². The van der Waals surface area contributed by atoms with Crippen LogP contribution in [0, 0.1) is 13.8 Å². The second kappa shape index (κ2) is 5.87. The molecular formula is C14H21NO3.